The monoisotopic (exact) mass is 268 g/mol. The van der Waals surface area contributed by atoms with E-state index in [-0.39, 0.29) is 0 Å². The van der Waals surface area contributed by atoms with Crippen molar-refractivity contribution in [3.63, 3.8) is 0 Å². The third-order valence-electron chi connectivity index (χ3n) is 2.32. The molecule has 0 aromatic heterocycles. The summed E-state index contributed by atoms with van der Waals surface area (Å²) in [6, 6.07) is 4.93. The molecule has 1 unspecified atom stereocenters. The summed E-state index contributed by atoms with van der Waals surface area (Å²) in [5.41, 5.74) is 0.408. The fraction of sp³-hybridized carbons (Fsp3) is 0.333. The van der Waals surface area contributed by atoms with Crippen molar-refractivity contribution in [2.24, 2.45) is 5.92 Å². The van der Waals surface area contributed by atoms with Crippen molar-refractivity contribution in [1.29, 1.82) is 5.26 Å². The number of hydrogen-bond acceptors (Lipinski definition) is 4. The number of carbonyl (C=O) groups excluding carboxylic acids is 1. The molecule has 0 fully saturated rings. The van der Waals surface area contributed by atoms with Crippen LogP contribution in [0.15, 0.2) is 12.1 Å². The summed E-state index contributed by atoms with van der Waals surface area (Å²) >= 11 is 5.94. The van der Waals surface area contributed by atoms with E-state index in [0.29, 0.717) is 22.2 Å². The average Bonchev–Trinajstić information content (AvgIpc) is 2.38. The van der Waals surface area contributed by atoms with Gasteiger partial charge in [-0.15, -0.1) is 0 Å². The molecule has 0 aliphatic rings. The SMILES string of the molecule is COc1cc(NC(=O)C(C)C#N)c(OC)cc1Cl. The number of nitrogens with one attached hydrogen (secondary N) is 1. The largest absolute Gasteiger partial charge is 0.495 e. The van der Waals surface area contributed by atoms with E-state index in [2.05, 4.69) is 5.32 Å². The van der Waals surface area contributed by atoms with Crippen LogP contribution in [0.25, 0.3) is 0 Å². The third-order valence-corrected chi connectivity index (χ3v) is 2.61. The molecule has 0 heterocycles. The molecule has 0 aliphatic heterocycles. The Morgan fingerprint density at radius 3 is 2.50 bits per heavy atom. The van der Waals surface area contributed by atoms with E-state index in [1.165, 1.54) is 27.2 Å². The molecule has 0 spiro atoms. The zero-order valence-electron chi connectivity index (χ0n) is 10.3. The summed E-state index contributed by atoms with van der Waals surface area (Å²) in [6.07, 6.45) is 0. The van der Waals surface area contributed by atoms with Crippen LogP contribution < -0.4 is 14.8 Å². The molecule has 96 valence electrons. The Bertz CT molecular complexity index is 497. The van der Waals surface area contributed by atoms with Crippen LogP contribution in [-0.4, -0.2) is 20.1 Å². The lowest BCUT2D eigenvalue weighted by molar-refractivity contribution is -0.117. The Morgan fingerprint density at radius 2 is 2.00 bits per heavy atom. The van der Waals surface area contributed by atoms with Gasteiger partial charge in [-0.25, -0.2) is 0 Å². The molecule has 1 aromatic rings. The molecular weight excluding hydrogens is 256 g/mol. The summed E-state index contributed by atoms with van der Waals surface area (Å²) in [6.45, 7) is 1.51. The highest BCUT2D eigenvalue weighted by molar-refractivity contribution is 6.32. The van der Waals surface area contributed by atoms with Gasteiger partial charge in [-0.05, 0) is 6.92 Å². The van der Waals surface area contributed by atoms with Crippen LogP contribution in [-0.2, 0) is 4.79 Å². The van der Waals surface area contributed by atoms with Crippen molar-refractivity contribution in [2.45, 2.75) is 6.92 Å². The molecule has 1 rings (SSSR count). The highest BCUT2D eigenvalue weighted by atomic mass is 35.5. The first-order valence-corrected chi connectivity index (χ1v) is 5.53. The molecule has 6 heteroatoms. The fourth-order valence-corrected chi connectivity index (χ4v) is 1.49. The van der Waals surface area contributed by atoms with E-state index in [1.54, 1.807) is 6.07 Å². The maximum atomic E-state index is 11.6. The zero-order chi connectivity index (χ0) is 13.7. The van der Waals surface area contributed by atoms with Crippen LogP contribution in [0.3, 0.4) is 0 Å². The number of anilines is 1. The smallest absolute Gasteiger partial charge is 0.241 e. The van der Waals surface area contributed by atoms with Crippen molar-refractivity contribution in [3.8, 4) is 17.6 Å². The lowest BCUT2D eigenvalue weighted by Gasteiger charge is -2.13. The van der Waals surface area contributed by atoms with Crippen LogP contribution in [0.4, 0.5) is 5.69 Å². The molecule has 1 amide bonds. The maximum Gasteiger partial charge on any atom is 0.241 e. The molecule has 1 aromatic carbocycles. The number of hydrogen-bond donors (Lipinski definition) is 1. The number of amides is 1. The van der Waals surface area contributed by atoms with Gasteiger partial charge in [0, 0.05) is 12.1 Å². The molecule has 5 nitrogen and oxygen atoms in total. The van der Waals surface area contributed by atoms with Crippen molar-refractivity contribution in [1.82, 2.24) is 0 Å². The Labute approximate surface area is 110 Å². The summed E-state index contributed by atoms with van der Waals surface area (Å²) in [4.78, 5) is 11.6. The van der Waals surface area contributed by atoms with Crippen LogP contribution >= 0.6 is 11.6 Å². The second-order valence-corrected chi connectivity index (χ2v) is 3.93. The topological polar surface area (TPSA) is 71.3 Å². The van der Waals surface area contributed by atoms with E-state index in [0.717, 1.165) is 0 Å². The number of methoxy groups -OCH3 is 2. The standard InChI is InChI=1S/C12H13ClN2O3/c1-7(6-14)12(16)15-9-5-10(17-2)8(13)4-11(9)18-3/h4-5,7H,1-3H3,(H,15,16). The summed E-state index contributed by atoms with van der Waals surface area (Å²) in [5, 5.41) is 11.6. The van der Waals surface area contributed by atoms with Gasteiger partial charge in [-0.2, -0.15) is 5.26 Å². The van der Waals surface area contributed by atoms with Gasteiger partial charge in [0.25, 0.3) is 0 Å². The van der Waals surface area contributed by atoms with E-state index in [4.69, 9.17) is 26.3 Å². The summed E-state index contributed by atoms with van der Waals surface area (Å²) in [7, 11) is 2.93. The Kier molecular flexibility index (Phi) is 4.81. The van der Waals surface area contributed by atoms with E-state index in [1.807, 2.05) is 6.07 Å². The number of nitriles is 1. The lowest BCUT2D eigenvalue weighted by Crippen LogP contribution is -2.19. The van der Waals surface area contributed by atoms with Gasteiger partial charge in [-0.3, -0.25) is 4.79 Å². The van der Waals surface area contributed by atoms with Gasteiger partial charge in [-0.1, -0.05) is 11.6 Å². The highest BCUT2D eigenvalue weighted by Gasteiger charge is 2.16. The maximum absolute atomic E-state index is 11.6. The van der Waals surface area contributed by atoms with Gasteiger partial charge < -0.3 is 14.8 Å². The number of ether oxygens (including phenoxy) is 2. The van der Waals surface area contributed by atoms with Crippen molar-refractivity contribution in [2.75, 3.05) is 19.5 Å². The first kappa shape index (κ1) is 14.1. The van der Waals surface area contributed by atoms with Gasteiger partial charge in [0.15, 0.2) is 0 Å². The molecular formula is C12H13ClN2O3. The molecule has 0 aliphatic carbocycles. The minimum atomic E-state index is -0.753. The van der Waals surface area contributed by atoms with Crippen molar-refractivity contribution >= 4 is 23.2 Å². The van der Waals surface area contributed by atoms with Gasteiger partial charge >= 0.3 is 0 Å². The molecule has 0 saturated heterocycles. The normalized spacial score (nSPS) is 11.3. The fourth-order valence-electron chi connectivity index (χ4n) is 1.26. The number of carbonyl (C=O) groups is 1. The van der Waals surface area contributed by atoms with Crippen LogP contribution in [0, 0.1) is 17.2 Å². The van der Waals surface area contributed by atoms with Crippen LogP contribution in [0.1, 0.15) is 6.92 Å². The molecule has 18 heavy (non-hydrogen) atoms. The number of halogens is 1. The van der Waals surface area contributed by atoms with Crippen molar-refractivity contribution in [3.05, 3.63) is 17.2 Å². The predicted molar refractivity (Wildman–Crippen MR) is 68.0 cm³/mol. The Hall–Kier alpha value is -1.93. The number of rotatable bonds is 4. The minimum Gasteiger partial charge on any atom is -0.495 e. The second-order valence-electron chi connectivity index (χ2n) is 3.53. The number of benzene rings is 1. The van der Waals surface area contributed by atoms with E-state index < -0.39 is 11.8 Å². The third kappa shape index (κ3) is 3.05. The molecule has 1 N–H and O–H groups in total. The molecule has 0 radical (unpaired) electrons. The van der Waals surface area contributed by atoms with Crippen LogP contribution in [0.5, 0.6) is 11.5 Å². The minimum absolute atomic E-state index is 0.376. The van der Waals surface area contributed by atoms with Gasteiger partial charge in [0.2, 0.25) is 5.91 Å². The Balaban J connectivity index is 3.08. The Morgan fingerprint density at radius 1 is 1.39 bits per heavy atom. The van der Waals surface area contributed by atoms with Gasteiger partial charge in [0.05, 0.1) is 31.0 Å². The number of nitrogens with zero attached hydrogens (tertiary/aromatic N) is 1. The second kappa shape index (κ2) is 6.12. The van der Waals surface area contributed by atoms with Crippen molar-refractivity contribution < 1.29 is 14.3 Å². The van der Waals surface area contributed by atoms with E-state index in [9.17, 15) is 4.79 Å². The van der Waals surface area contributed by atoms with Gasteiger partial charge in [0.1, 0.15) is 17.4 Å². The summed E-state index contributed by atoms with van der Waals surface area (Å²) in [5.74, 6) is -0.353. The zero-order valence-corrected chi connectivity index (χ0v) is 11.0. The highest BCUT2D eigenvalue weighted by Crippen LogP contribution is 2.35. The summed E-state index contributed by atoms with van der Waals surface area (Å²) < 4.78 is 10.2. The first-order chi connectivity index (χ1) is 8.53. The lowest BCUT2D eigenvalue weighted by atomic mass is 10.2. The molecule has 1 atom stereocenters. The van der Waals surface area contributed by atoms with E-state index >= 15 is 0 Å². The first-order valence-electron chi connectivity index (χ1n) is 5.15. The predicted octanol–water partition coefficient (Wildman–Crippen LogP) is 2.46. The molecule has 0 bridgehead atoms. The molecule has 0 saturated carbocycles. The van der Waals surface area contributed by atoms with Crippen LogP contribution in [0.2, 0.25) is 5.02 Å². The quantitative estimate of drug-likeness (QED) is 0.910. The average molecular weight is 269 g/mol.